The van der Waals surface area contributed by atoms with Crippen LogP contribution in [0.5, 0.6) is 0 Å². The summed E-state index contributed by atoms with van der Waals surface area (Å²) in [4.78, 5) is 26.3. The van der Waals surface area contributed by atoms with E-state index in [0.717, 1.165) is 77.7 Å². The molecule has 3 aliphatic rings. The van der Waals surface area contributed by atoms with Crippen LogP contribution in [0, 0.1) is 0 Å². The summed E-state index contributed by atoms with van der Waals surface area (Å²) < 4.78 is 0. The summed E-state index contributed by atoms with van der Waals surface area (Å²) in [6, 6.07) is 0.924. The number of nitrogens with one attached hydrogen (secondary N) is 2. The fourth-order valence-electron chi connectivity index (χ4n) is 3.74. The fourth-order valence-corrected chi connectivity index (χ4v) is 3.74. The molecule has 0 bridgehead atoms. The van der Waals surface area contributed by atoms with E-state index in [0.29, 0.717) is 18.6 Å². The van der Waals surface area contributed by atoms with Gasteiger partial charge in [-0.25, -0.2) is 0 Å². The molecule has 1 atom stereocenters. The van der Waals surface area contributed by atoms with Crippen LogP contribution in [-0.2, 0) is 4.79 Å². The van der Waals surface area contributed by atoms with Crippen molar-refractivity contribution >= 4 is 35.8 Å². The summed E-state index contributed by atoms with van der Waals surface area (Å²) in [5, 5.41) is 6.53. The fraction of sp³-hybridized carbons (Fsp3) is 0.895. The van der Waals surface area contributed by atoms with Crippen molar-refractivity contribution in [1.29, 1.82) is 0 Å². The van der Waals surface area contributed by atoms with Crippen LogP contribution < -0.4 is 10.6 Å². The van der Waals surface area contributed by atoms with Gasteiger partial charge in [0.2, 0.25) is 5.91 Å². The summed E-state index contributed by atoms with van der Waals surface area (Å²) in [5.41, 5.74) is 0. The molecule has 0 aromatic carbocycles. The predicted molar refractivity (Wildman–Crippen MR) is 124 cm³/mol. The number of halogens is 1. The molecule has 0 spiro atoms. The number of aliphatic imine (C=N–C) groups is 1. The smallest absolute Gasteiger partial charge is 0.234 e. The minimum atomic E-state index is 0. The Labute approximate surface area is 187 Å². The second kappa shape index (κ2) is 11.5. The van der Waals surface area contributed by atoms with Crippen LogP contribution in [0.25, 0.3) is 0 Å². The minimum Gasteiger partial charge on any atom is -0.357 e. The summed E-state index contributed by atoms with van der Waals surface area (Å²) >= 11 is 0. The Morgan fingerprint density at radius 1 is 1.07 bits per heavy atom. The van der Waals surface area contributed by atoms with E-state index < -0.39 is 0 Å². The lowest BCUT2D eigenvalue weighted by Gasteiger charge is -2.38. The molecule has 28 heavy (non-hydrogen) atoms. The molecule has 3 rings (SSSR count). The lowest BCUT2D eigenvalue weighted by Crippen LogP contribution is -2.55. The highest BCUT2D eigenvalue weighted by Crippen LogP contribution is 2.18. The van der Waals surface area contributed by atoms with Gasteiger partial charge >= 0.3 is 0 Å². The van der Waals surface area contributed by atoms with Gasteiger partial charge in [-0.3, -0.25) is 19.6 Å². The van der Waals surface area contributed by atoms with Crippen molar-refractivity contribution in [2.75, 3.05) is 79.5 Å². The van der Waals surface area contributed by atoms with E-state index in [1.165, 1.54) is 0 Å². The first-order valence-corrected chi connectivity index (χ1v) is 10.5. The Morgan fingerprint density at radius 2 is 1.79 bits per heavy atom. The van der Waals surface area contributed by atoms with E-state index in [2.05, 4.69) is 51.3 Å². The molecule has 1 unspecified atom stereocenters. The Morgan fingerprint density at radius 3 is 2.43 bits per heavy atom. The normalized spacial score (nSPS) is 25.3. The minimum absolute atomic E-state index is 0. The summed E-state index contributed by atoms with van der Waals surface area (Å²) in [6.07, 6.45) is 2.29. The number of rotatable bonds is 6. The van der Waals surface area contributed by atoms with Gasteiger partial charge in [-0.15, -0.1) is 24.0 Å². The van der Waals surface area contributed by atoms with Gasteiger partial charge in [0.15, 0.2) is 5.96 Å². The quantitative estimate of drug-likeness (QED) is 0.293. The zero-order chi connectivity index (χ0) is 19.2. The highest BCUT2D eigenvalue weighted by atomic mass is 127. The molecule has 2 aliphatic heterocycles. The molecule has 162 valence electrons. The van der Waals surface area contributed by atoms with Crippen molar-refractivity contribution in [3.05, 3.63) is 0 Å². The molecule has 1 saturated carbocycles. The first-order valence-electron chi connectivity index (χ1n) is 10.5. The summed E-state index contributed by atoms with van der Waals surface area (Å²) in [6.45, 7) is 11.3. The van der Waals surface area contributed by atoms with Crippen LogP contribution >= 0.6 is 24.0 Å². The Kier molecular flexibility index (Phi) is 9.72. The van der Waals surface area contributed by atoms with E-state index in [1.54, 1.807) is 0 Å². The number of carbonyl (C=O) groups is 1. The maximum Gasteiger partial charge on any atom is 0.234 e. The zero-order valence-corrected chi connectivity index (χ0v) is 20.0. The van der Waals surface area contributed by atoms with Crippen molar-refractivity contribution in [3.63, 3.8) is 0 Å². The largest absolute Gasteiger partial charge is 0.357 e. The second-order valence-corrected chi connectivity index (χ2v) is 8.20. The van der Waals surface area contributed by atoms with Crippen molar-refractivity contribution in [3.8, 4) is 0 Å². The lowest BCUT2D eigenvalue weighted by molar-refractivity contribution is -0.122. The number of guanidine groups is 1. The molecule has 0 aromatic heterocycles. The molecule has 2 saturated heterocycles. The van der Waals surface area contributed by atoms with E-state index in [-0.39, 0.29) is 29.9 Å². The van der Waals surface area contributed by atoms with Gasteiger partial charge in [0.05, 0.1) is 13.1 Å². The molecule has 0 radical (unpaired) electrons. The maximum absolute atomic E-state index is 12.0. The van der Waals surface area contributed by atoms with Crippen molar-refractivity contribution in [2.24, 2.45) is 4.99 Å². The van der Waals surface area contributed by atoms with E-state index >= 15 is 0 Å². The van der Waals surface area contributed by atoms with Crippen LogP contribution in [0.1, 0.15) is 19.8 Å². The van der Waals surface area contributed by atoms with Crippen LogP contribution in [0.2, 0.25) is 0 Å². The van der Waals surface area contributed by atoms with E-state index in [1.807, 2.05) is 0 Å². The number of piperazine rings is 2. The van der Waals surface area contributed by atoms with Crippen LogP contribution in [0.4, 0.5) is 0 Å². The average molecular weight is 507 g/mol. The lowest BCUT2D eigenvalue weighted by atomic mass is 10.2. The monoisotopic (exact) mass is 507 g/mol. The number of hydrogen-bond acceptors (Lipinski definition) is 5. The molecule has 3 fully saturated rings. The van der Waals surface area contributed by atoms with Gasteiger partial charge in [0.1, 0.15) is 0 Å². The third-order valence-corrected chi connectivity index (χ3v) is 5.75. The molecule has 1 aliphatic carbocycles. The number of hydrogen-bond donors (Lipinski definition) is 2. The van der Waals surface area contributed by atoms with E-state index in [9.17, 15) is 4.79 Å². The van der Waals surface area contributed by atoms with Crippen LogP contribution in [0.3, 0.4) is 0 Å². The third kappa shape index (κ3) is 7.31. The first-order chi connectivity index (χ1) is 13.0. The van der Waals surface area contributed by atoms with Crippen molar-refractivity contribution in [1.82, 2.24) is 30.2 Å². The van der Waals surface area contributed by atoms with Gasteiger partial charge < -0.3 is 20.4 Å². The van der Waals surface area contributed by atoms with Crippen LogP contribution in [0.15, 0.2) is 4.99 Å². The zero-order valence-electron chi connectivity index (χ0n) is 17.7. The number of nitrogens with zero attached hydrogens (tertiary/aromatic N) is 5. The van der Waals surface area contributed by atoms with Crippen molar-refractivity contribution in [2.45, 2.75) is 31.8 Å². The Hall–Kier alpha value is -0.650. The molecular weight excluding hydrogens is 469 g/mol. The number of carbonyl (C=O) groups excluding carboxylic acids is 1. The number of amides is 1. The van der Waals surface area contributed by atoms with Gasteiger partial charge in [-0.2, -0.15) is 0 Å². The van der Waals surface area contributed by atoms with Crippen LogP contribution in [-0.4, -0.2) is 123 Å². The third-order valence-electron chi connectivity index (χ3n) is 5.75. The molecule has 1 amide bonds. The predicted octanol–water partition coefficient (Wildman–Crippen LogP) is -0.288. The Bertz CT molecular complexity index is 520. The van der Waals surface area contributed by atoms with Gasteiger partial charge in [0.25, 0.3) is 0 Å². The molecule has 2 heterocycles. The topological polar surface area (TPSA) is 66.5 Å². The molecular formula is C19H38IN7O. The Balaban J connectivity index is 0.00000280. The van der Waals surface area contributed by atoms with Gasteiger partial charge in [0, 0.05) is 64.4 Å². The van der Waals surface area contributed by atoms with E-state index in [4.69, 9.17) is 4.99 Å². The summed E-state index contributed by atoms with van der Waals surface area (Å²) in [7, 11) is 4.39. The highest BCUT2D eigenvalue weighted by molar-refractivity contribution is 14.0. The summed E-state index contributed by atoms with van der Waals surface area (Å²) in [5.74, 6) is 1.19. The van der Waals surface area contributed by atoms with Gasteiger partial charge in [-0.1, -0.05) is 0 Å². The molecule has 0 aromatic rings. The second-order valence-electron chi connectivity index (χ2n) is 8.20. The molecule has 8 nitrogen and oxygen atoms in total. The first kappa shape index (κ1) is 23.6. The SMILES string of the molecule is CCNC(=NCC1CN(C)CCN1C)N1CCN(CC(=O)NC2CC2)CC1.I. The highest BCUT2D eigenvalue weighted by Gasteiger charge is 2.26. The molecule has 2 N–H and O–H groups in total. The van der Waals surface area contributed by atoms with Gasteiger partial charge in [-0.05, 0) is 33.9 Å². The maximum atomic E-state index is 12.0. The average Bonchev–Trinajstić information content (AvgIpc) is 3.46. The number of likely N-dealkylation sites (N-methyl/N-ethyl adjacent to an activating group) is 2. The molecule has 9 heteroatoms. The van der Waals surface area contributed by atoms with Crippen molar-refractivity contribution < 1.29 is 4.79 Å². The standard InChI is InChI=1S/C19H37N7O.HI/c1-4-20-19(21-13-17-14-23(2)7-8-24(17)3)26-11-9-25(10-12-26)15-18(27)22-16-5-6-16;/h16-17H,4-15H2,1-3H3,(H,20,21)(H,22,27);1H.